The Kier molecular flexibility index (Phi) is 7.70. The van der Waals surface area contributed by atoms with Gasteiger partial charge in [-0.2, -0.15) is 13.2 Å². The number of nitrogens with zero attached hydrogens (tertiary/aromatic N) is 2. The van der Waals surface area contributed by atoms with E-state index < -0.39 is 24.0 Å². The average molecular weight is 539 g/mol. The second-order valence-corrected chi connectivity index (χ2v) is 7.87. The van der Waals surface area contributed by atoms with Gasteiger partial charge in [0.1, 0.15) is 5.75 Å². The van der Waals surface area contributed by atoms with Gasteiger partial charge in [0, 0.05) is 7.05 Å². The van der Waals surface area contributed by atoms with E-state index in [0.29, 0.717) is 22.3 Å². The number of aliphatic imine (C=N–C) groups is 1. The summed E-state index contributed by atoms with van der Waals surface area (Å²) in [7, 11) is 1.55. The van der Waals surface area contributed by atoms with Gasteiger partial charge in [-0.3, -0.25) is 9.69 Å². The van der Waals surface area contributed by atoms with Crippen molar-refractivity contribution >= 4 is 17.8 Å². The van der Waals surface area contributed by atoms with Crippen LogP contribution < -0.4 is 10.5 Å². The van der Waals surface area contributed by atoms with Crippen LogP contribution in [0.1, 0.15) is 11.1 Å². The minimum absolute atomic E-state index is 0.0832. The summed E-state index contributed by atoms with van der Waals surface area (Å²) in [4.78, 5) is 28.0. The topological polar surface area (TPSA) is 105 Å². The van der Waals surface area contributed by atoms with Gasteiger partial charge in [-0.05, 0) is 40.5 Å². The molecular weight excluding hydrogens is 520 g/mol. The van der Waals surface area contributed by atoms with E-state index >= 15 is 0 Å². The van der Waals surface area contributed by atoms with Crippen molar-refractivity contribution in [2.45, 2.75) is 18.1 Å². The van der Waals surface area contributed by atoms with Crippen LogP contribution in [-0.4, -0.2) is 47.4 Å². The fourth-order valence-electron chi connectivity index (χ4n) is 3.66. The number of rotatable bonds is 4. The van der Waals surface area contributed by atoms with Crippen molar-refractivity contribution in [3.8, 4) is 16.9 Å². The van der Waals surface area contributed by atoms with Crippen molar-refractivity contribution in [2.75, 3.05) is 7.05 Å². The summed E-state index contributed by atoms with van der Waals surface area (Å²) in [6.07, 6.45) is -9.87. The maximum atomic E-state index is 13.3. The SMILES string of the molecule is CN1C(=O)C(c2ccccc2)(c2cccc(-c3cccc(OC(F)(F)F)c3)c2)N=C1N.O=C(O)C(F)(F)F. The van der Waals surface area contributed by atoms with E-state index in [2.05, 4.69) is 9.73 Å². The number of ether oxygens (including phenoxy) is 1. The van der Waals surface area contributed by atoms with E-state index in [1.54, 1.807) is 61.6 Å². The Bertz CT molecular complexity index is 1360. The standard InChI is InChI=1S/C23H18F3N3O2.C2HF3O2/c1-29-20(30)22(28-21(29)27,17-9-3-2-4-10-17)18-11-5-7-15(13-18)16-8-6-12-19(14-16)31-23(24,25)26;3-2(4,5)1(6)7/h2-14H,1H3,(H2,27,28);(H,6,7). The molecule has 1 heterocycles. The molecule has 1 unspecified atom stereocenters. The summed E-state index contributed by atoms with van der Waals surface area (Å²) in [5.74, 6) is -3.32. The van der Waals surface area contributed by atoms with E-state index in [1.165, 1.54) is 23.1 Å². The Labute approximate surface area is 211 Å². The first kappa shape index (κ1) is 28.0. The van der Waals surface area contributed by atoms with Crippen LogP contribution in [-0.2, 0) is 15.1 Å². The second-order valence-electron chi connectivity index (χ2n) is 7.87. The van der Waals surface area contributed by atoms with Gasteiger partial charge < -0.3 is 15.6 Å². The molecule has 3 aromatic carbocycles. The number of hydrogen-bond acceptors (Lipinski definition) is 5. The van der Waals surface area contributed by atoms with E-state index in [4.69, 9.17) is 15.6 Å². The summed E-state index contributed by atoms with van der Waals surface area (Å²) in [5.41, 5.74) is 6.90. The molecule has 1 aliphatic heterocycles. The predicted molar refractivity (Wildman–Crippen MR) is 124 cm³/mol. The monoisotopic (exact) mass is 539 g/mol. The number of benzene rings is 3. The lowest BCUT2D eigenvalue weighted by molar-refractivity contribution is -0.274. The molecule has 0 aromatic heterocycles. The summed E-state index contributed by atoms with van der Waals surface area (Å²) >= 11 is 0. The average Bonchev–Trinajstić information content (AvgIpc) is 3.08. The summed E-state index contributed by atoms with van der Waals surface area (Å²) in [6.45, 7) is 0. The summed E-state index contributed by atoms with van der Waals surface area (Å²) in [5, 5.41) is 7.12. The third-order valence-corrected chi connectivity index (χ3v) is 5.36. The first-order chi connectivity index (χ1) is 17.6. The smallest absolute Gasteiger partial charge is 0.475 e. The van der Waals surface area contributed by atoms with Crippen LogP contribution in [0.3, 0.4) is 0 Å². The summed E-state index contributed by atoms with van der Waals surface area (Å²) < 4.78 is 73.6. The van der Waals surface area contributed by atoms with Crippen LogP contribution in [0.15, 0.2) is 83.9 Å². The molecule has 200 valence electrons. The van der Waals surface area contributed by atoms with Crippen molar-refractivity contribution in [3.63, 3.8) is 0 Å². The Morgan fingerprint density at radius 3 is 1.92 bits per heavy atom. The molecule has 0 saturated heterocycles. The maximum Gasteiger partial charge on any atom is 0.573 e. The highest BCUT2D eigenvalue weighted by Crippen LogP contribution is 2.40. The Hall–Kier alpha value is -4.55. The molecular formula is C25H19F6N3O4. The van der Waals surface area contributed by atoms with Gasteiger partial charge in [0.05, 0.1) is 0 Å². The molecule has 7 nitrogen and oxygen atoms in total. The van der Waals surface area contributed by atoms with Gasteiger partial charge in [0.25, 0.3) is 5.91 Å². The van der Waals surface area contributed by atoms with Crippen LogP contribution in [0, 0.1) is 0 Å². The second kappa shape index (κ2) is 10.4. The number of aliphatic carboxylic acids is 1. The van der Waals surface area contributed by atoms with Crippen LogP contribution in [0.25, 0.3) is 11.1 Å². The third-order valence-electron chi connectivity index (χ3n) is 5.36. The third kappa shape index (κ3) is 6.05. The molecule has 1 amide bonds. The molecule has 0 bridgehead atoms. The number of carboxylic acids is 1. The van der Waals surface area contributed by atoms with Gasteiger partial charge in [-0.15, -0.1) is 13.2 Å². The number of amides is 1. The zero-order valence-corrected chi connectivity index (χ0v) is 19.4. The number of likely N-dealkylation sites (N-methyl/N-ethyl adjacent to an activating group) is 1. The summed E-state index contributed by atoms with van der Waals surface area (Å²) in [6, 6.07) is 21.6. The molecule has 13 heteroatoms. The van der Waals surface area contributed by atoms with Gasteiger partial charge in [0.15, 0.2) is 11.5 Å². The van der Waals surface area contributed by atoms with Gasteiger partial charge in [-0.25, -0.2) is 9.79 Å². The first-order valence-corrected chi connectivity index (χ1v) is 10.6. The van der Waals surface area contributed by atoms with Crippen molar-refractivity contribution in [2.24, 2.45) is 10.7 Å². The minimum Gasteiger partial charge on any atom is -0.475 e. The fraction of sp³-hybridized carbons (Fsp3) is 0.160. The van der Waals surface area contributed by atoms with E-state index in [0.717, 1.165) is 0 Å². The molecule has 0 saturated carbocycles. The van der Waals surface area contributed by atoms with Gasteiger partial charge >= 0.3 is 18.5 Å². The molecule has 4 rings (SSSR count). The number of carboxylic acid groups (broad SMARTS) is 1. The van der Waals surface area contributed by atoms with E-state index in [-0.39, 0.29) is 17.6 Å². The minimum atomic E-state index is -5.08. The fourth-order valence-corrected chi connectivity index (χ4v) is 3.66. The normalized spacial score (nSPS) is 17.4. The van der Waals surface area contributed by atoms with Gasteiger partial charge in [-0.1, -0.05) is 60.7 Å². The largest absolute Gasteiger partial charge is 0.573 e. The highest BCUT2D eigenvalue weighted by Gasteiger charge is 2.49. The maximum absolute atomic E-state index is 13.3. The van der Waals surface area contributed by atoms with Crippen molar-refractivity contribution in [1.82, 2.24) is 4.90 Å². The number of carbonyl (C=O) groups excluding carboxylic acids is 1. The van der Waals surface area contributed by atoms with Crippen LogP contribution in [0.2, 0.25) is 0 Å². The zero-order chi connectivity index (χ0) is 28.3. The van der Waals surface area contributed by atoms with Crippen molar-refractivity contribution < 1.29 is 45.8 Å². The number of hydrogen-bond donors (Lipinski definition) is 2. The lowest BCUT2D eigenvalue weighted by Gasteiger charge is -2.26. The zero-order valence-electron chi connectivity index (χ0n) is 19.4. The highest BCUT2D eigenvalue weighted by molar-refractivity contribution is 6.09. The molecule has 3 N–H and O–H groups in total. The molecule has 0 fully saturated rings. The number of halogens is 6. The highest BCUT2D eigenvalue weighted by atomic mass is 19.4. The number of alkyl halides is 6. The van der Waals surface area contributed by atoms with Crippen molar-refractivity contribution in [1.29, 1.82) is 0 Å². The Balaban J connectivity index is 0.000000505. The Morgan fingerprint density at radius 2 is 1.42 bits per heavy atom. The lowest BCUT2D eigenvalue weighted by Crippen LogP contribution is -2.41. The molecule has 1 aliphatic rings. The molecule has 1 atom stereocenters. The predicted octanol–water partition coefficient (Wildman–Crippen LogP) is 4.92. The quantitative estimate of drug-likeness (QED) is 0.459. The van der Waals surface area contributed by atoms with Crippen LogP contribution >= 0.6 is 0 Å². The number of guanidine groups is 1. The molecule has 3 aromatic rings. The van der Waals surface area contributed by atoms with E-state index in [1.807, 2.05) is 6.07 Å². The molecule has 0 aliphatic carbocycles. The van der Waals surface area contributed by atoms with Crippen LogP contribution in [0.4, 0.5) is 26.3 Å². The first-order valence-electron chi connectivity index (χ1n) is 10.6. The number of nitrogens with two attached hydrogens (primary N) is 1. The van der Waals surface area contributed by atoms with Gasteiger partial charge in [0.2, 0.25) is 0 Å². The molecule has 38 heavy (non-hydrogen) atoms. The van der Waals surface area contributed by atoms with Crippen LogP contribution in [0.5, 0.6) is 5.75 Å². The van der Waals surface area contributed by atoms with Crippen molar-refractivity contribution in [3.05, 3.63) is 90.0 Å². The molecule has 0 spiro atoms. The Morgan fingerprint density at radius 1 is 0.895 bits per heavy atom. The van der Waals surface area contributed by atoms with E-state index in [9.17, 15) is 31.1 Å². The lowest BCUT2D eigenvalue weighted by atomic mass is 9.82. The number of carbonyl (C=O) groups is 2. The molecule has 0 radical (unpaired) electrons.